The number of halogens is 1. The van der Waals surface area contributed by atoms with Crippen LogP contribution >= 0.6 is 15.9 Å². The fraction of sp³-hybridized carbons (Fsp3) is 0.600. The largest absolute Gasteiger partial charge is 0.479 e. The molecule has 0 radical (unpaired) electrons. The summed E-state index contributed by atoms with van der Waals surface area (Å²) in [7, 11) is 1.59. The highest BCUT2D eigenvalue weighted by Gasteiger charge is 2.16. The Balaban J connectivity index is 2.05. The van der Waals surface area contributed by atoms with Crippen molar-refractivity contribution in [1.82, 2.24) is 15.5 Å². The molecule has 15 heavy (non-hydrogen) atoms. The zero-order valence-electron chi connectivity index (χ0n) is 8.66. The smallest absolute Gasteiger partial charge is 0.247 e. The highest BCUT2D eigenvalue weighted by atomic mass is 79.9. The van der Waals surface area contributed by atoms with Crippen molar-refractivity contribution in [2.24, 2.45) is 5.92 Å². The van der Waals surface area contributed by atoms with Crippen LogP contribution in [0.5, 0.6) is 5.88 Å². The van der Waals surface area contributed by atoms with E-state index in [0.29, 0.717) is 11.8 Å². The van der Waals surface area contributed by atoms with Crippen molar-refractivity contribution in [3.8, 4) is 5.88 Å². The Kier molecular flexibility index (Phi) is 3.53. The van der Waals surface area contributed by atoms with Gasteiger partial charge in [-0.1, -0.05) is 0 Å². The van der Waals surface area contributed by atoms with E-state index in [1.807, 2.05) is 6.07 Å². The van der Waals surface area contributed by atoms with E-state index >= 15 is 0 Å². The molecule has 2 heterocycles. The number of aromatic nitrogens is 2. The minimum Gasteiger partial charge on any atom is -0.479 e. The van der Waals surface area contributed by atoms with E-state index in [2.05, 4.69) is 31.4 Å². The quantitative estimate of drug-likeness (QED) is 0.903. The minimum atomic E-state index is 0.545. The second kappa shape index (κ2) is 4.90. The van der Waals surface area contributed by atoms with Crippen molar-refractivity contribution in [2.45, 2.75) is 12.8 Å². The molecule has 1 aromatic heterocycles. The van der Waals surface area contributed by atoms with Crippen LogP contribution in [0.3, 0.4) is 0 Å². The number of ether oxygens (including phenoxy) is 1. The SMILES string of the molecule is COc1nnc(CC2CCNC2)cc1Br. The van der Waals surface area contributed by atoms with Gasteiger partial charge in [0.15, 0.2) is 0 Å². The van der Waals surface area contributed by atoms with Gasteiger partial charge >= 0.3 is 0 Å². The van der Waals surface area contributed by atoms with E-state index in [-0.39, 0.29) is 0 Å². The van der Waals surface area contributed by atoms with E-state index in [1.54, 1.807) is 7.11 Å². The van der Waals surface area contributed by atoms with Crippen molar-refractivity contribution in [3.05, 3.63) is 16.2 Å². The molecule has 1 N–H and O–H groups in total. The first-order valence-electron chi connectivity index (χ1n) is 5.06. The second-order valence-corrected chi connectivity index (χ2v) is 4.61. The van der Waals surface area contributed by atoms with Crippen LogP contribution in [0.2, 0.25) is 0 Å². The molecule has 1 unspecified atom stereocenters. The summed E-state index contributed by atoms with van der Waals surface area (Å²) in [4.78, 5) is 0. The maximum Gasteiger partial charge on any atom is 0.247 e. The van der Waals surface area contributed by atoms with Gasteiger partial charge < -0.3 is 10.1 Å². The molecular weight excluding hydrogens is 258 g/mol. The molecule has 1 fully saturated rings. The molecular formula is C10H14BrN3O. The van der Waals surface area contributed by atoms with Gasteiger partial charge in [0.05, 0.1) is 17.3 Å². The van der Waals surface area contributed by atoms with Crippen LogP contribution in [0.1, 0.15) is 12.1 Å². The van der Waals surface area contributed by atoms with Gasteiger partial charge in [-0.2, -0.15) is 5.10 Å². The zero-order chi connectivity index (χ0) is 10.7. The highest BCUT2D eigenvalue weighted by molar-refractivity contribution is 9.10. The van der Waals surface area contributed by atoms with Crippen LogP contribution in [-0.4, -0.2) is 30.4 Å². The predicted molar refractivity (Wildman–Crippen MR) is 61.0 cm³/mol. The van der Waals surface area contributed by atoms with E-state index in [1.165, 1.54) is 6.42 Å². The van der Waals surface area contributed by atoms with Crippen molar-refractivity contribution in [1.29, 1.82) is 0 Å². The van der Waals surface area contributed by atoms with E-state index < -0.39 is 0 Å². The molecule has 1 aromatic rings. The third-order valence-corrected chi connectivity index (χ3v) is 3.19. The minimum absolute atomic E-state index is 0.545. The Hall–Kier alpha value is -0.680. The van der Waals surface area contributed by atoms with Crippen LogP contribution in [0.4, 0.5) is 0 Å². The van der Waals surface area contributed by atoms with Crippen molar-refractivity contribution < 1.29 is 4.74 Å². The maximum absolute atomic E-state index is 5.04. The molecule has 1 atom stereocenters. The third kappa shape index (κ3) is 2.66. The molecule has 4 nitrogen and oxygen atoms in total. The van der Waals surface area contributed by atoms with Gasteiger partial charge in [-0.15, -0.1) is 5.10 Å². The molecule has 0 saturated carbocycles. The van der Waals surface area contributed by atoms with Crippen LogP contribution in [0, 0.1) is 5.92 Å². The average molecular weight is 272 g/mol. The summed E-state index contributed by atoms with van der Waals surface area (Å²) in [6.45, 7) is 2.21. The van der Waals surface area contributed by atoms with Crippen molar-refractivity contribution in [3.63, 3.8) is 0 Å². The van der Waals surface area contributed by atoms with Crippen LogP contribution in [-0.2, 0) is 6.42 Å². The number of nitrogens with zero attached hydrogens (tertiary/aromatic N) is 2. The third-order valence-electron chi connectivity index (χ3n) is 2.62. The summed E-state index contributed by atoms with van der Waals surface area (Å²) in [6.07, 6.45) is 2.22. The summed E-state index contributed by atoms with van der Waals surface area (Å²) in [5.41, 5.74) is 1.02. The van der Waals surface area contributed by atoms with Gasteiger partial charge in [-0.25, -0.2) is 0 Å². The Morgan fingerprint density at radius 1 is 1.60 bits per heavy atom. The molecule has 1 aliphatic rings. The molecule has 0 amide bonds. The van der Waals surface area contributed by atoms with Gasteiger partial charge in [-0.05, 0) is 53.8 Å². The standard InChI is InChI=1S/C10H14BrN3O/c1-15-10-9(11)5-8(13-14-10)4-7-2-3-12-6-7/h5,7,12H,2-4,6H2,1H3. The molecule has 2 rings (SSSR count). The van der Waals surface area contributed by atoms with Gasteiger partial charge in [0.25, 0.3) is 0 Å². The van der Waals surface area contributed by atoms with E-state index in [0.717, 1.165) is 29.7 Å². The molecule has 0 aliphatic carbocycles. The monoisotopic (exact) mass is 271 g/mol. The lowest BCUT2D eigenvalue weighted by atomic mass is 10.0. The molecule has 5 heteroatoms. The molecule has 0 aromatic carbocycles. The number of methoxy groups -OCH3 is 1. The second-order valence-electron chi connectivity index (χ2n) is 3.76. The lowest BCUT2D eigenvalue weighted by Gasteiger charge is -2.08. The molecule has 0 bridgehead atoms. The summed E-state index contributed by atoms with van der Waals surface area (Å²) < 4.78 is 5.91. The number of hydrogen-bond donors (Lipinski definition) is 1. The van der Waals surface area contributed by atoms with E-state index in [4.69, 9.17) is 4.74 Å². The molecule has 0 spiro atoms. The average Bonchev–Trinajstić information content (AvgIpc) is 2.71. The summed E-state index contributed by atoms with van der Waals surface area (Å²) in [5, 5.41) is 11.5. The van der Waals surface area contributed by atoms with Crippen molar-refractivity contribution in [2.75, 3.05) is 20.2 Å². The number of hydrogen-bond acceptors (Lipinski definition) is 4. The Morgan fingerprint density at radius 2 is 2.47 bits per heavy atom. The Bertz CT molecular complexity index is 339. The fourth-order valence-corrected chi connectivity index (χ4v) is 2.32. The van der Waals surface area contributed by atoms with Crippen molar-refractivity contribution >= 4 is 15.9 Å². The lowest BCUT2D eigenvalue weighted by molar-refractivity contribution is 0.387. The summed E-state index contributed by atoms with van der Waals surface area (Å²) >= 11 is 3.41. The molecule has 1 aliphatic heterocycles. The van der Waals surface area contributed by atoms with Gasteiger partial charge in [0, 0.05) is 0 Å². The lowest BCUT2D eigenvalue weighted by Crippen LogP contribution is -2.11. The summed E-state index contributed by atoms with van der Waals surface area (Å²) in [5.74, 6) is 1.24. The molecule has 1 saturated heterocycles. The Morgan fingerprint density at radius 3 is 3.07 bits per heavy atom. The highest BCUT2D eigenvalue weighted by Crippen LogP contribution is 2.23. The maximum atomic E-state index is 5.04. The number of rotatable bonds is 3. The predicted octanol–water partition coefficient (Wildman–Crippen LogP) is 1.40. The first kappa shape index (κ1) is 10.8. The first-order valence-corrected chi connectivity index (χ1v) is 5.85. The Labute approximate surface area is 97.6 Å². The summed E-state index contributed by atoms with van der Waals surface area (Å²) in [6, 6.07) is 1.99. The van der Waals surface area contributed by atoms with Crippen LogP contribution in [0.15, 0.2) is 10.5 Å². The van der Waals surface area contributed by atoms with E-state index in [9.17, 15) is 0 Å². The van der Waals surface area contributed by atoms with Gasteiger partial charge in [-0.3, -0.25) is 0 Å². The van der Waals surface area contributed by atoms with Gasteiger partial charge in [0.2, 0.25) is 5.88 Å². The topological polar surface area (TPSA) is 47.0 Å². The van der Waals surface area contributed by atoms with Crippen LogP contribution < -0.4 is 10.1 Å². The fourth-order valence-electron chi connectivity index (χ4n) is 1.82. The van der Waals surface area contributed by atoms with Crippen LogP contribution in [0.25, 0.3) is 0 Å². The first-order chi connectivity index (χ1) is 7.29. The molecule has 82 valence electrons. The number of nitrogens with one attached hydrogen (secondary N) is 1. The normalized spacial score (nSPS) is 20.5. The van der Waals surface area contributed by atoms with Gasteiger partial charge in [0.1, 0.15) is 0 Å². The zero-order valence-corrected chi connectivity index (χ0v) is 10.2.